The van der Waals surface area contributed by atoms with Crippen molar-refractivity contribution in [2.75, 3.05) is 6.61 Å². The molecular weight excluding hydrogens is 190 g/mol. The normalized spacial score (nSPS) is 19.1. The number of nitrogens with one attached hydrogen (secondary N) is 1. The molecule has 0 heterocycles. The third-order valence-corrected chi connectivity index (χ3v) is 2.94. The summed E-state index contributed by atoms with van der Waals surface area (Å²) in [5, 5.41) is 3.43. The van der Waals surface area contributed by atoms with Crippen molar-refractivity contribution in [1.82, 2.24) is 5.32 Å². The van der Waals surface area contributed by atoms with E-state index in [2.05, 4.69) is 12.2 Å². The first-order valence-corrected chi connectivity index (χ1v) is 6.20. The summed E-state index contributed by atoms with van der Waals surface area (Å²) < 4.78 is 5.07. The molecule has 3 heteroatoms. The van der Waals surface area contributed by atoms with Crippen molar-refractivity contribution in [3.8, 4) is 0 Å². The van der Waals surface area contributed by atoms with Crippen LogP contribution in [0.3, 0.4) is 0 Å². The first kappa shape index (κ1) is 12.5. The zero-order chi connectivity index (χ0) is 11.1. The van der Waals surface area contributed by atoms with Crippen LogP contribution in [-0.2, 0) is 9.53 Å². The van der Waals surface area contributed by atoms with Crippen molar-refractivity contribution >= 4 is 5.97 Å². The molecule has 0 aromatic carbocycles. The van der Waals surface area contributed by atoms with E-state index in [1.807, 2.05) is 6.92 Å². The summed E-state index contributed by atoms with van der Waals surface area (Å²) in [6.45, 7) is 4.43. The zero-order valence-corrected chi connectivity index (χ0v) is 9.92. The molecule has 1 aliphatic carbocycles. The minimum atomic E-state index is -0.0851. The number of hydrogen-bond acceptors (Lipinski definition) is 3. The van der Waals surface area contributed by atoms with E-state index in [1.165, 1.54) is 25.7 Å². The molecule has 0 bridgehead atoms. The Kier molecular flexibility index (Phi) is 5.69. The maximum Gasteiger partial charge on any atom is 0.323 e. The summed E-state index contributed by atoms with van der Waals surface area (Å²) in [5.74, 6) is -0.0775. The van der Waals surface area contributed by atoms with E-state index in [9.17, 15) is 4.79 Å². The predicted octanol–water partition coefficient (Wildman–Crippen LogP) is 2.25. The summed E-state index contributed by atoms with van der Waals surface area (Å²) in [4.78, 5) is 11.6. The summed E-state index contributed by atoms with van der Waals surface area (Å²) in [5.41, 5.74) is 0. The van der Waals surface area contributed by atoms with Gasteiger partial charge in [0, 0.05) is 6.04 Å². The van der Waals surface area contributed by atoms with Crippen LogP contribution in [0.15, 0.2) is 0 Å². The average Bonchev–Trinajstić information content (AvgIpc) is 2.70. The number of esters is 1. The van der Waals surface area contributed by atoms with E-state index in [0.717, 1.165) is 12.8 Å². The van der Waals surface area contributed by atoms with Gasteiger partial charge in [-0.1, -0.05) is 26.2 Å². The third kappa shape index (κ3) is 4.20. The molecule has 0 saturated heterocycles. The van der Waals surface area contributed by atoms with Crippen LogP contribution in [0, 0.1) is 0 Å². The second-order valence-corrected chi connectivity index (χ2v) is 4.24. The fraction of sp³-hybridized carbons (Fsp3) is 0.917. The van der Waals surface area contributed by atoms with Gasteiger partial charge in [0.2, 0.25) is 0 Å². The van der Waals surface area contributed by atoms with Crippen LogP contribution in [-0.4, -0.2) is 24.7 Å². The largest absolute Gasteiger partial charge is 0.465 e. The molecule has 0 aromatic heterocycles. The molecule has 1 rings (SSSR count). The number of ether oxygens (including phenoxy) is 1. The predicted molar refractivity (Wildman–Crippen MR) is 60.7 cm³/mol. The lowest BCUT2D eigenvalue weighted by molar-refractivity contribution is -0.146. The van der Waals surface area contributed by atoms with Gasteiger partial charge in [0.15, 0.2) is 0 Å². The van der Waals surface area contributed by atoms with Gasteiger partial charge < -0.3 is 10.1 Å². The van der Waals surface area contributed by atoms with E-state index in [0.29, 0.717) is 12.6 Å². The molecular formula is C12H23NO2. The van der Waals surface area contributed by atoms with E-state index in [1.54, 1.807) is 0 Å². The first-order chi connectivity index (χ1) is 7.27. The number of hydrogen-bond donors (Lipinski definition) is 1. The van der Waals surface area contributed by atoms with Gasteiger partial charge in [-0.2, -0.15) is 0 Å². The molecule has 0 aromatic rings. The minimum Gasteiger partial charge on any atom is -0.465 e. The Hall–Kier alpha value is -0.570. The standard InChI is InChI=1S/C12H23NO2/c1-3-7-11(12(14)15-4-2)13-10-8-5-6-9-10/h10-11,13H,3-9H2,1-2H3. The summed E-state index contributed by atoms with van der Waals surface area (Å²) in [7, 11) is 0. The Morgan fingerprint density at radius 1 is 1.40 bits per heavy atom. The second kappa shape index (κ2) is 6.83. The zero-order valence-electron chi connectivity index (χ0n) is 9.92. The quantitative estimate of drug-likeness (QED) is 0.688. The molecule has 0 radical (unpaired) electrons. The molecule has 0 amide bonds. The van der Waals surface area contributed by atoms with E-state index in [-0.39, 0.29) is 12.0 Å². The van der Waals surface area contributed by atoms with E-state index in [4.69, 9.17) is 4.74 Å². The summed E-state index contributed by atoms with van der Waals surface area (Å²) >= 11 is 0. The molecule has 1 unspecified atom stereocenters. The highest BCUT2D eigenvalue weighted by molar-refractivity contribution is 5.75. The third-order valence-electron chi connectivity index (χ3n) is 2.94. The van der Waals surface area contributed by atoms with Gasteiger partial charge in [0.1, 0.15) is 6.04 Å². The maximum absolute atomic E-state index is 11.6. The van der Waals surface area contributed by atoms with Gasteiger partial charge in [-0.05, 0) is 26.2 Å². The Morgan fingerprint density at radius 3 is 2.60 bits per heavy atom. The molecule has 0 aliphatic heterocycles. The van der Waals surface area contributed by atoms with Crippen LogP contribution in [0.4, 0.5) is 0 Å². The van der Waals surface area contributed by atoms with Crippen molar-refractivity contribution in [1.29, 1.82) is 0 Å². The Bertz CT molecular complexity index is 188. The van der Waals surface area contributed by atoms with Crippen molar-refractivity contribution in [3.05, 3.63) is 0 Å². The SMILES string of the molecule is CCCC(NC1CCCC1)C(=O)OCC. The first-order valence-electron chi connectivity index (χ1n) is 6.20. The van der Waals surface area contributed by atoms with Crippen LogP contribution in [0.1, 0.15) is 52.4 Å². The highest BCUT2D eigenvalue weighted by Gasteiger charge is 2.24. The fourth-order valence-corrected chi connectivity index (χ4v) is 2.18. The van der Waals surface area contributed by atoms with Crippen LogP contribution in [0.25, 0.3) is 0 Å². The highest BCUT2D eigenvalue weighted by Crippen LogP contribution is 2.19. The molecule has 15 heavy (non-hydrogen) atoms. The Labute approximate surface area is 92.6 Å². The highest BCUT2D eigenvalue weighted by atomic mass is 16.5. The summed E-state index contributed by atoms with van der Waals surface area (Å²) in [6.07, 6.45) is 6.90. The van der Waals surface area contributed by atoms with Crippen molar-refractivity contribution in [3.63, 3.8) is 0 Å². The summed E-state index contributed by atoms with van der Waals surface area (Å²) in [6, 6.07) is 0.448. The van der Waals surface area contributed by atoms with Crippen LogP contribution < -0.4 is 5.32 Å². The van der Waals surface area contributed by atoms with Gasteiger partial charge in [-0.25, -0.2) is 0 Å². The molecule has 3 nitrogen and oxygen atoms in total. The number of rotatable bonds is 6. The lowest BCUT2D eigenvalue weighted by Gasteiger charge is -2.20. The van der Waals surface area contributed by atoms with E-state index < -0.39 is 0 Å². The van der Waals surface area contributed by atoms with Crippen molar-refractivity contribution < 1.29 is 9.53 Å². The fourth-order valence-electron chi connectivity index (χ4n) is 2.18. The second-order valence-electron chi connectivity index (χ2n) is 4.24. The van der Waals surface area contributed by atoms with Gasteiger partial charge in [0.25, 0.3) is 0 Å². The monoisotopic (exact) mass is 213 g/mol. The topological polar surface area (TPSA) is 38.3 Å². The van der Waals surface area contributed by atoms with Gasteiger partial charge >= 0.3 is 5.97 Å². The molecule has 1 saturated carbocycles. The smallest absolute Gasteiger partial charge is 0.323 e. The van der Waals surface area contributed by atoms with E-state index >= 15 is 0 Å². The van der Waals surface area contributed by atoms with Crippen LogP contribution in [0.5, 0.6) is 0 Å². The molecule has 0 spiro atoms. The Morgan fingerprint density at radius 2 is 2.07 bits per heavy atom. The van der Waals surface area contributed by atoms with Crippen molar-refractivity contribution in [2.45, 2.75) is 64.5 Å². The number of carbonyl (C=O) groups excluding carboxylic acids is 1. The van der Waals surface area contributed by atoms with Gasteiger partial charge in [0.05, 0.1) is 6.61 Å². The maximum atomic E-state index is 11.6. The van der Waals surface area contributed by atoms with Crippen molar-refractivity contribution in [2.24, 2.45) is 0 Å². The lowest BCUT2D eigenvalue weighted by atomic mass is 10.1. The average molecular weight is 213 g/mol. The number of carbonyl (C=O) groups is 1. The molecule has 1 atom stereocenters. The molecule has 1 aliphatic rings. The van der Waals surface area contributed by atoms with Gasteiger partial charge in [-0.15, -0.1) is 0 Å². The lowest BCUT2D eigenvalue weighted by Crippen LogP contribution is -2.43. The van der Waals surface area contributed by atoms with Crippen LogP contribution >= 0.6 is 0 Å². The Balaban J connectivity index is 2.37. The minimum absolute atomic E-state index is 0.0775. The van der Waals surface area contributed by atoms with Crippen LogP contribution in [0.2, 0.25) is 0 Å². The molecule has 1 fully saturated rings. The molecule has 88 valence electrons. The molecule has 1 N–H and O–H groups in total. The van der Waals surface area contributed by atoms with Gasteiger partial charge in [-0.3, -0.25) is 4.79 Å².